The van der Waals surface area contributed by atoms with Crippen LogP contribution in [0.15, 0.2) is 35.6 Å². The number of thioether (sulfide) groups is 1. The van der Waals surface area contributed by atoms with Crippen molar-refractivity contribution in [3.63, 3.8) is 0 Å². The molecule has 0 aliphatic carbocycles. The smallest absolute Gasteiger partial charge is 0.354 e. The van der Waals surface area contributed by atoms with Crippen LogP contribution in [0, 0.1) is 3.57 Å². The van der Waals surface area contributed by atoms with Crippen molar-refractivity contribution in [1.29, 1.82) is 0 Å². The first-order chi connectivity index (χ1) is 10.4. The molecule has 22 heavy (non-hydrogen) atoms. The van der Waals surface area contributed by atoms with Crippen molar-refractivity contribution >= 4 is 40.3 Å². The zero-order valence-corrected chi connectivity index (χ0v) is 16.0. The molecule has 118 valence electrons. The fourth-order valence-corrected chi connectivity index (χ4v) is 4.45. The van der Waals surface area contributed by atoms with Crippen LogP contribution in [0.25, 0.3) is 0 Å². The maximum atomic E-state index is 11.4. The topological polar surface area (TPSA) is 55.1 Å². The van der Waals surface area contributed by atoms with Crippen molar-refractivity contribution in [3.8, 4) is 0 Å². The van der Waals surface area contributed by atoms with Gasteiger partial charge in [-0.3, -0.25) is 0 Å². The van der Waals surface area contributed by atoms with E-state index in [1.54, 1.807) is 11.8 Å². The third-order valence-electron chi connectivity index (χ3n) is 3.42. The van der Waals surface area contributed by atoms with E-state index < -0.39 is 5.97 Å². The van der Waals surface area contributed by atoms with Crippen LogP contribution in [0.1, 0.15) is 49.8 Å². The highest BCUT2D eigenvalue weighted by Crippen LogP contribution is 2.51. The van der Waals surface area contributed by atoms with Gasteiger partial charge >= 0.3 is 5.97 Å². The van der Waals surface area contributed by atoms with Gasteiger partial charge in [-0.15, -0.1) is 0 Å². The minimum absolute atomic E-state index is 0.0224. The molecule has 0 radical (unpaired) electrons. The van der Waals surface area contributed by atoms with Crippen LogP contribution in [0.5, 0.6) is 0 Å². The van der Waals surface area contributed by atoms with E-state index in [9.17, 15) is 9.90 Å². The molecule has 0 amide bonds. The number of carboxylic acids is 1. The van der Waals surface area contributed by atoms with Crippen LogP contribution in [0.4, 0.5) is 0 Å². The number of aromatic nitrogens is 2. The average Bonchev–Trinajstić information content (AvgIpc) is 2.94. The van der Waals surface area contributed by atoms with Gasteiger partial charge < -0.3 is 9.67 Å². The van der Waals surface area contributed by atoms with E-state index in [1.807, 2.05) is 30.5 Å². The number of nitrogens with zero attached hydrogens (tertiary/aromatic N) is 2. The molecule has 0 bridgehead atoms. The van der Waals surface area contributed by atoms with Gasteiger partial charge in [0.2, 0.25) is 0 Å². The van der Waals surface area contributed by atoms with E-state index in [0.717, 1.165) is 14.3 Å². The molecular formula is C16H19IN2O2S. The molecule has 1 atom stereocenters. The Labute approximate surface area is 148 Å². The Bertz CT molecular complexity index is 697. The van der Waals surface area contributed by atoms with Crippen LogP contribution in [0.2, 0.25) is 0 Å². The number of carboxylic acid groups (broad SMARTS) is 1. The number of halogens is 1. The quantitative estimate of drug-likeness (QED) is 0.703. The maximum Gasteiger partial charge on any atom is 0.354 e. The molecule has 1 unspecified atom stereocenters. The molecule has 6 heteroatoms. The molecule has 0 fully saturated rings. The second-order valence-electron chi connectivity index (χ2n) is 5.26. The summed E-state index contributed by atoms with van der Waals surface area (Å²) in [4.78, 5) is 15.7. The highest BCUT2D eigenvalue weighted by Gasteiger charge is 2.44. The molecule has 2 heterocycles. The molecule has 1 N–H and O–H groups in total. The monoisotopic (exact) mass is 430 g/mol. The number of imidazole rings is 1. The minimum atomic E-state index is -0.933. The Morgan fingerprint density at radius 2 is 2.09 bits per heavy atom. The molecule has 1 aromatic carbocycles. The fraction of sp³-hybridized carbons (Fsp3) is 0.375. The van der Waals surface area contributed by atoms with Crippen LogP contribution in [-0.2, 0) is 0 Å². The lowest BCUT2D eigenvalue weighted by Gasteiger charge is -2.28. The van der Waals surface area contributed by atoms with Crippen molar-refractivity contribution < 1.29 is 9.90 Å². The van der Waals surface area contributed by atoms with Crippen LogP contribution < -0.4 is 0 Å². The summed E-state index contributed by atoms with van der Waals surface area (Å²) >= 11 is 3.90. The summed E-state index contributed by atoms with van der Waals surface area (Å²) in [7, 11) is 0. The molecule has 1 aromatic heterocycles. The summed E-state index contributed by atoms with van der Waals surface area (Å²) in [6.45, 7) is 8.25. The molecule has 1 aliphatic heterocycles. The Morgan fingerprint density at radius 1 is 1.41 bits per heavy atom. The Kier molecular flexibility index (Phi) is 5.21. The number of hydrogen-bond acceptors (Lipinski definition) is 3. The Morgan fingerprint density at radius 3 is 2.68 bits per heavy atom. The third-order valence-corrected chi connectivity index (χ3v) is 5.32. The summed E-state index contributed by atoms with van der Waals surface area (Å²) in [5.41, 5.74) is 1.37. The number of aromatic carboxylic acids is 1. The predicted molar refractivity (Wildman–Crippen MR) is 97.8 cm³/mol. The highest BCUT2D eigenvalue weighted by molar-refractivity contribution is 14.1. The zero-order chi connectivity index (χ0) is 16.5. The molecule has 0 saturated carbocycles. The average molecular weight is 430 g/mol. The van der Waals surface area contributed by atoms with Gasteiger partial charge in [0.05, 0.1) is 12.2 Å². The molecule has 0 spiro atoms. The first-order valence-electron chi connectivity index (χ1n) is 7.15. The van der Waals surface area contributed by atoms with Gasteiger partial charge in [-0.1, -0.05) is 37.7 Å². The van der Waals surface area contributed by atoms with Crippen LogP contribution >= 0.6 is 34.4 Å². The van der Waals surface area contributed by atoms with E-state index in [1.165, 1.54) is 6.20 Å². The van der Waals surface area contributed by atoms with Crippen molar-refractivity contribution in [2.24, 2.45) is 0 Å². The fourth-order valence-electron chi connectivity index (χ4n) is 2.66. The summed E-state index contributed by atoms with van der Waals surface area (Å²) in [5, 5.41) is 10.1. The van der Waals surface area contributed by atoms with Gasteiger partial charge in [-0.25, -0.2) is 9.78 Å². The molecule has 1 aliphatic rings. The normalized spacial score (nSPS) is 18.3. The lowest BCUT2D eigenvalue weighted by atomic mass is 9.95. The number of fused-ring (bicyclic) bond motifs is 1. The second-order valence-corrected chi connectivity index (χ2v) is 8.13. The third kappa shape index (κ3) is 3.03. The van der Waals surface area contributed by atoms with Gasteiger partial charge in [0.1, 0.15) is 5.69 Å². The van der Waals surface area contributed by atoms with Crippen molar-refractivity contribution in [2.75, 3.05) is 0 Å². The van der Waals surface area contributed by atoms with E-state index in [4.69, 9.17) is 0 Å². The second kappa shape index (κ2) is 6.62. The first kappa shape index (κ1) is 17.3. The molecule has 2 aromatic rings. The SMILES string of the molecule is CC.CC1(C)Sc2ncc(C(=O)O)n2C1c1cccc(I)c1. The van der Waals surface area contributed by atoms with Crippen molar-refractivity contribution in [3.05, 3.63) is 45.3 Å². The van der Waals surface area contributed by atoms with E-state index in [-0.39, 0.29) is 16.5 Å². The van der Waals surface area contributed by atoms with Gasteiger partial charge in [0, 0.05) is 8.32 Å². The van der Waals surface area contributed by atoms with Crippen LogP contribution in [0.3, 0.4) is 0 Å². The molecule has 3 rings (SSSR count). The van der Waals surface area contributed by atoms with E-state index in [0.29, 0.717) is 0 Å². The largest absolute Gasteiger partial charge is 0.477 e. The number of benzene rings is 1. The molecular weight excluding hydrogens is 411 g/mol. The zero-order valence-electron chi connectivity index (χ0n) is 13.0. The standard InChI is InChI=1S/C14H13IN2O2S.C2H6/c1-14(2)11(8-4-3-5-9(15)6-8)17-10(12(18)19)7-16-13(17)20-14;1-2/h3-7,11H,1-2H3,(H,18,19);1-2H3. The maximum absolute atomic E-state index is 11.4. The van der Waals surface area contributed by atoms with Gasteiger partial charge in [-0.2, -0.15) is 0 Å². The summed E-state index contributed by atoms with van der Waals surface area (Å²) in [6.07, 6.45) is 1.45. The lowest BCUT2D eigenvalue weighted by Crippen LogP contribution is -2.27. The first-order valence-corrected chi connectivity index (χ1v) is 9.04. The van der Waals surface area contributed by atoms with Gasteiger partial charge in [0.25, 0.3) is 0 Å². The van der Waals surface area contributed by atoms with Crippen molar-refractivity contribution in [1.82, 2.24) is 9.55 Å². The van der Waals surface area contributed by atoms with E-state index >= 15 is 0 Å². The summed E-state index contributed by atoms with van der Waals surface area (Å²) in [5.74, 6) is -0.933. The number of carbonyl (C=O) groups is 1. The van der Waals surface area contributed by atoms with Crippen molar-refractivity contribution in [2.45, 2.75) is 43.6 Å². The Balaban J connectivity index is 0.000000847. The summed E-state index contributed by atoms with van der Waals surface area (Å²) in [6, 6.07) is 8.18. The number of hydrogen-bond donors (Lipinski definition) is 1. The van der Waals surface area contributed by atoms with Crippen LogP contribution in [-0.4, -0.2) is 25.4 Å². The predicted octanol–water partition coefficient (Wildman–Crippen LogP) is 4.69. The highest BCUT2D eigenvalue weighted by atomic mass is 127. The Hall–Kier alpha value is -1.02. The molecule has 4 nitrogen and oxygen atoms in total. The minimum Gasteiger partial charge on any atom is -0.477 e. The molecule has 0 saturated heterocycles. The van der Waals surface area contributed by atoms with Gasteiger partial charge in [-0.05, 0) is 54.1 Å². The van der Waals surface area contributed by atoms with E-state index in [2.05, 4.69) is 53.6 Å². The lowest BCUT2D eigenvalue weighted by molar-refractivity contribution is 0.0682. The summed E-state index contributed by atoms with van der Waals surface area (Å²) < 4.78 is 2.86. The number of rotatable bonds is 2. The van der Waals surface area contributed by atoms with Gasteiger partial charge in [0.15, 0.2) is 5.16 Å².